The number of aromatic nitrogens is 3. The van der Waals surface area contributed by atoms with E-state index in [-0.39, 0.29) is 49.4 Å². The van der Waals surface area contributed by atoms with Crippen molar-refractivity contribution < 1.29 is 19.5 Å². The van der Waals surface area contributed by atoms with Gasteiger partial charge in [0.05, 0.1) is 41.8 Å². The van der Waals surface area contributed by atoms with E-state index in [1.165, 1.54) is 6.07 Å². The average Bonchev–Trinajstić information content (AvgIpc) is 3.06. The zero-order chi connectivity index (χ0) is 21.7. The SMILES string of the molecule is CC[C@@H](CO)OCn1cc(COCc2ccccc2[N+](=O)[O-])c2c(Cl)nc(N)nc21. The van der Waals surface area contributed by atoms with Gasteiger partial charge in [-0.2, -0.15) is 4.98 Å². The summed E-state index contributed by atoms with van der Waals surface area (Å²) in [4.78, 5) is 19.0. The molecule has 0 fully saturated rings. The fourth-order valence-corrected chi connectivity index (χ4v) is 3.30. The maximum Gasteiger partial charge on any atom is 0.274 e. The number of hydrogen-bond acceptors (Lipinski definition) is 8. The normalized spacial score (nSPS) is 12.4. The predicted molar refractivity (Wildman–Crippen MR) is 111 cm³/mol. The molecule has 0 spiro atoms. The van der Waals surface area contributed by atoms with Gasteiger partial charge in [-0.05, 0) is 12.5 Å². The fourth-order valence-electron chi connectivity index (χ4n) is 3.01. The van der Waals surface area contributed by atoms with E-state index in [1.807, 2.05) is 6.92 Å². The zero-order valence-electron chi connectivity index (χ0n) is 16.3. The van der Waals surface area contributed by atoms with Crippen molar-refractivity contribution >= 4 is 34.3 Å². The second kappa shape index (κ2) is 9.81. The van der Waals surface area contributed by atoms with Gasteiger partial charge >= 0.3 is 0 Å². The lowest BCUT2D eigenvalue weighted by atomic mass is 10.2. The van der Waals surface area contributed by atoms with Crippen LogP contribution < -0.4 is 5.73 Å². The molecule has 3 aromatic rings. The van der Waals surface area contributed by atoms with Crippen molar-refractivity contribution in [3.05, 3.63) is 56.9 Å². The highest BCUT2D eigenvalue weighted by Gasteiger charge is 2.18. The van der Waals surface area contributed by atoms with Crippen LogP contribution in [0.5, 0.6) is 0 Å². The van der Waals surface area contributed by atoms with Gasteiger partial charge in [0.1, 0.15) is 17.5 Å². The molecule has 0 saturated heterocycles. The smallest absolute Gasteiger partial charge is 0.274 e. The van der Waals surface area contributed by atoms with Gasteiger partial charge in [0.2, 0.25) is 5.95 Å². The van der Waals surface area contributed by atoms with Crippen LogP contribution in [0.2, 0.25) is 5.15 Å². The van der Waals surface area contributed by atoms with Crippen LogP contribution >= 0.6 is 11.6 Å². The summed E-state index contributed by atoms with van der Waals surface area (Å²) in [6, 6.07) is 6.40. The molecule has 2 aromatic heterocycles. The highest BCUT2D eigenvalue weighted by atomic mass is 35.5. The number of aliphatic hydroxyl groups is 1. The summed E-state index contributed by atoms with van der Waals surface area (Å²) in [5.74, 6) is 0.0217. The molecule has 0 amide bonds. The molecule has 1 atom stereocenters. The quantitative estimate of drug-likeness (QED) is 0.281. The number of aliphatic hydroxyl groups excluding tert-OH is 1. The summed E-state index contributed by atoms with van der Waals surface area (Å²) in [5.41, 5.74) is 7.37. The molecule has 3 rings (SSSR count). The lowest BCUT2D eigenvalue weighted by molar-refractivity contribution is -0.386. The molecule has 160 valence electrons. The molecule has 30 heavy (non-hydrogen) atoms. The molecule has 11 heteroatoms. The highest BCUT2D eigenvalue weighted by molar-refractivity contribution is 6.34. The average molecular weight is 436 g/mol. The topological polar surface area (TPSA) is 139 Å². The van der Waals surface area contributed by atoms with E-state index >= 15 is 0 Å². The molecular formula is C19H22ClN5O5. The molecule has 0 saturated carbocycles. The Bertz CT molecular complexity index is 1040. The lowest BCUT2D eigenvalue weighted by Crippen LogP contribution is -2.18. The summed E-state index contributed by atoms with van der Waals surface area (Å²) in [6.45, 7) is 2.12. The molecule has 0 unspecified atom stereocenters. The van der Waals surface area contributed by atoms with Crippen LogP contribution in [0.1, 0.15) is 24.5 Å². The standard InChI is InChI=1S/C19H22ClN5O5/c1-2-14(8-26)30-11-24-7-13(16-17(20)22-19(21)23-18(16)24)10-29-9-12-5-3-4-6-15(12)25(27)28/h3-7,14,26H,2,8-11H2,1H3,(H2,21,22,23)/t14-/m0/s1. The number of nitrogen functional groups attached to an aromatic ring is 1. The van der Waals surface area contributed by atoms with Crippen molar-refractivity contribution in [1.29, 1.82) is 0 Å². The Morgan fingerprint density at radius 2 is 2.03 bits per heavy atom. The van der Waals surface area contributed by atoms with Crippen molar-refractivity contribution in [2.45, 2.75) is 39.4 Å². The molecule has 0 bridgehead atoms. The molecule has 0 radical (unpaired) electrons. The van der Waals surface area contributed by atoms with E-state index in [9.17, 15) is 15.2 Å². The summed E-state index contributed by atoms with van der Waals surface area (Å²) >= 11 is 6.29. The minimum atomic E-state index is -0.444. The monoisotopic (exact) mass is 435 g/mol. The van der Waals surface area contributed by atoms with Crippen molar-refractivity contribution in [3.8, 4) is 0 Å². The number of halogens is 1. The fraction of sp³-hybridized carbons (Fsp3) is 0.368. The number of hydrogen-bond donors (Lipinski definition) is 2. The molecule has 10 nitrogen and oxygen atoms in total. The maximum absolute atomic E-state index is 11.2. The van der Waals surface area contributed by atoms with Gasteiger partial charge in [-0.15, -0.1) is 0 Å². The van der Waals surface area contributed by atoms with Crippen molar-refractivity contribution in [2.75, 3.05) is 12.3 Å². The second-order valence-electron chi connectivity index (χ2n) is 6.58. The van der Waals surface area contributed by atoms with Crippen LogP contribution in [0.25, 0.3) is 11.0 Å². The van der Waals surface area contributed by atoms with E-state index in [4.69, 9.17) is 26.8 Å². The first-order valence-corrected chi connectivity index (χ1v) is 9.65. The molecule has 2 heterocycles. The number of nitrogens with zero attached hydrogens (tertiary/aromatic N) is 4. The third-order valence-electron chi connectivity index (χ3n) is 4.58. The summed E-state index contributed by atoms with van der Waals surface area (Å²) in [5, 5.41) is 21.2. The summed E-state index contributed by atoms with van der Waals surface area (Å²) in [6.07, 6.45) is 2.10. The van der Waals surface area contributed by atoms with Crippen LogP contribution in [0.15, 0.2) is 30.5 Å². The van der Waals surface area contributed by atoms with Gasteiger partial charge in [-0.1, -0.05) is 30.7 Å². The van der Waals surface area contributed by atoms with Gasteiger partial charge in [0.15, 0.2) is 0 Å². The Morgan fingerprint density at radius 3 is 2.73 bits per heavy atom. The van der Waals surface area contributed by atoms with E-state index < -0.39 is 4.92 Å². The number of rotatable bonds is 10. The van der Waals surface area contributed by atoms with E-state index in [2.05, 4.69) is 9.97 Å². The molecule has 3 N–H and O–H groups in total. The summed E-state index contributed by atoms with van der Waals surface area (Å²) < 4.78 is 13.1. The molecule has 1 aromatic carbocycles. The van der Waals surface area contributed by atoms with Gasteiger partial charge in [0.25, 0.3) is 5.69 Å². The number of nitro groups is 1. The molecule has 0 aliphatic heterocycles. The minimum absolute atomic E-state index is 0.00271. The predicted octanol–water partition coefficient (Wildman–Crippen LogP) is 3.04. The van der Waals surface area contributed by atoms with Crippen molar-refractivity contribution in [3.63, 3.8) is 0 Å². The van der Waals surface area contributed by atoms with E-state index in [0.29, 0.717) is 28.6 Å². The number of benzene rings is 1. The molecule has 0 aliphatic rings. The maximum atomic E-state index is 11.2. The number of fused-ring (bicyclic) bond motifs is 1. The number of ether oxygens (including phenoxy) is 2. The Labute approximate surface area is 177 Å². The van der Waals surface area contributed by atoms with Crippen LogP contribution in [-0.4, -0.2) is 37.3 Å². The third kappa shape index (κ3) is 4.85. The zero-order valence-corrected chi connectivity index (χ0v) is 17.1. The first kappa shape index (κ1) is 21.9. The minimum Gasteiger partial charge on any atom is -0.394 e. The lowest BCUT2D eigenvalue weighted by Gasteiger charge is -2.14. The first-order valence-electron chi connectivity index (χ1n) is 9.27. The van der Waals surface area contributed by atoms with Crippen LogP contribution in [0.3, 0.4) is 0 Å². The first-order chi connectivity index (χ1) is 14.4. The number of nitro benzene ring substituents is 1. The number of para-hydroxylation sites is 1. The van der Waals surface area contributed by atoms with Crippen molar-refractivity contribution in [2.24, 2.45) is 0 Å². The van der Waals surface area contributed by atoms with E-state index in [1.54, 1.807) is 29.0 Å². The second-order valence-corrected chi connectivity index (χ2v) is 6.94. The number of anilines is 1. The Balaban J connectivity index is 1.82. The van der Waals surface area contributed by atoms with Crippen LogP contribution in [-0.2, 0) is 29.4 Å². The molecular weight excluding hydrogens is 414 g/mol. The van der Waals surface area contributed by atoms with Crippen LogP contribution in [0.4, 0.5) is 11.6 Å². The van der Waals surface area contributed by atoms with E-state index in [0.717, 1.165) is 0 Å². The molecule has 0 aliphatic carbocycles. The van der Waals surface area contributed by atoms with Gasteiger partial charge in [-0.25, -0.2) is 4.98 Å². The van der Waals surface area contributed by atoms with Gasteiger partial charge < -0.3 is 24.9 Å². The van der Waals surface area contributed by atoms with Crippen LogP contribution in [0, 0.1) is 10.1 Å². The number of nitrogens with two attached hydrogens (primary N) is 1. The summed E-state index contributed by atoms with van der Waals surface area (Å²) in [7, 11) is 0. The Hall–Kier alpha value is -2.79. The Kier molecular flexibility index (Phi) is 7.16. The van der Waals surface area contributed by atoms with Crippen molar-refractivity contribution in [1.82, 2.24) is 14.5 Å². The third-order valence-corrected chi connectivity index (χ3v) is 4.85. The van der Waals surface area contributed by atoms with Gasteiger partial charge in [0, 0.05) is 17.8 Å². The Morgan fingerprint density at radius 1 is 1.30 bits per heavy atom. The van der Waals surface area contributed by atoms with Gasteiger partial charge in [-0.3, -0.25) is 10.1 Å². The largest absolute Gasteiger partial charge is 0.394 e. The highest BCUT2D eigenvalue weighted by Crippen LogP contribution is 2.28.